The van der Waals surface area contributed by atoms with Crippen molar-refractivity contribution in [2.45, 2.75) is 13.8 Å². The Hall–Kier alpha value is -1.36. The summed E-state index contributed by atoms with van der Waals surface area (Å²) in [5.41, 5.74) is 4.93. The van der Waals surface area contributed by atoms with E-state index in [0.717, 1.165) is 11.4 Å². The number of nitrogens with one attached hydrogen (secondary N) is 1. The van der Waals surface area contributed by atoms with E-state index < -0.39 is 0 Å². The van der Waals surface area contributed by atoms with Crippen LogP contribution < -0.4 is 5.43 Å². The maximum absolute atomic E-state index is 13.5. The minimum Gasteiger partial charge on any atom is -0.275 e. The van der Waals surface area contributed by atoms with E-state index in [1.165, 1.54) is 6.07 Å². The lowest BCUT2D eigenvalue weighted by atomic mass is 10.4. The second kappa shape index (κ2) is 4.25. The van der Waals surface area contributed by atoms with Gasteiger partial charge in [-0.2, -0.15) is 0 Å². The summed E-state index contributed by atoms with van der Waals surface area (Å²) in [4.78, 5) is 3.98. The number of aromatic nitrogens is 2. The molecule has 0 saturated heterocycles. The molecule has 2 heterocycles. The Morgan fingerprint density at radius 3 is 2.50 bits per heavy atom. The Labute approximate surface area is 101 Å². The van der Waals surface area contributed by atoms with Crippen molar-refractivity contribution in [2.75, 3.05) is 5.43 Å². The largest absolute Gasteiger partial charge is 0.275 e. The molecular weight excluding hydrogens is 273 g/mol. The van der Waals surface area contributed by atoms with E-state index in [0.29, 0.717) is 4.47 Å². The van der Waals surface area contributed by atoms with Crippen LogP contribution in [-0.2, 0) is 0 Å². The first-order valence-electron chi connectivity index (χ1n) is 4.81. The van der Waals surface area contributed by atoms with Crippen LogP contribution in [0.4, 0.5) is 10.2 Å². The van der Waals surface area contributed by atoms with Gasteiger partial charge in [0.05, 0.1) is 0 Å². The lowest BCUT2D eigenvalue weighted by Crippen LogP contribution is -2.14. The summed E-state index contributed by atoms with van der Waals surface area (Å²) in [6, 6.07) is 5.29. The predicted molar refractivity (Wildman–Crippen MR) is 64.8 cm³/mol. The van der Waals surface area contributed by atoms with Gasteiger partial charge in [-0.15, -0.1) is 0 Å². The number of anilines is 1. The van der Waals surface area contributed by atoms with Gasteiger partial charge in [0, 0.05) is 22.1 Å². The fraction of sp³-hybridized carbons (Fsp3) is 0.182. The zero-order chi connectivity index (χ0) is 11.7. The van der Waals surface area contributed by atoms with Gasteiger partial charge in [0.15, 0.2) is 11.6 Å². The van der Waals surface area contributed by atoms with Crippen molar-refractivity contribution in [1.29, 1.82) is 0 Å². The van der Waals surface area contributed by atoms with Crippen LogP contribution in [0.1, 0.15) is 11.4 Å². The van der Waals surface area contributed by atoms with Crippen LogP contribution in [0.2, 0.25) is 0 Å². The highest BCUT2D eigenvalue weighted by Gasteiger charge is 2.07. The van der Waals surface area contributed by atoms with Crippen LogP contribution in [0, 0.1) is 19.7 Å². The van der Waals surface area contributed by atoms with E-state index in [1.807, 2.05) is 26.0 Å². The number of hydrogen-bond acceptors (Lipinski definition) is 2. The van der Waals surface area contributed by atoms with Gasteiger partial charge in [0.25, 0.3) is 0 Å². The van der Waals surface area contributed by atoms with Gasteiger partial charge in [-0.1, -0.05) is 0 Å². The molecule has 0 amide bonds. The normalized spacial score (nSPS) is 10.5. The SMILES string of the molecule is Cc1ccc(C)n1Nc1ncc(Br)cc1F. The molecule has 0 bridgehead atoms. The van der Waals surface area contributed by atoms with Crippen LogP contribution in [0.15, 0.2) is 28.9 Å². The molecule has 0 saturated carbocycles. The Bertz CT molecular complexity index is 502. The molecule has 84 valence electrons. The molecule has 0 fully saturated rings. The topological polar surface area (TPSA) is 29.9 Å². The van der Waals surface area contributed by atoms with Crippen molar-refractivity contribution in [3.05, 3.63) is 46.1 Å². The first-order chi connectivity index (χ1) is 7.58. The molecule has 0 aromatic carbocycles. The number of nitrogens with zero attached hydrogens (tertiary/aromatic N) is 2. The Kier molecular flexibility index (Phi) is 2.96. The lowest BCUT2D eigenvalue weighted by molar-refractivity contribution is 0.619. The summed E-state index contributed by atoms with van der Waals surface area (Å²) in [7, 11) is 0. The van der Waals surface area contributed by atoms with Crippen molar-refractivity contribution in [2.24, 2.45) is 0 Å². The number of pyridine rings is 1. The monoisotopic (exact) mass is 283 g/mol. The fourth-order valence-electron chi connectivity index (χ4n) is 1.45. The molecule has 0 aliphatic carbocycles. The molecule has 0 spiro atoms. The molecule has 0 unspecified atom stereocenters. The predicted octanol–water partition coefficient (Wildman–Crippen LogP) is 3.28. The van der Waals surface area contributed by atoms with Crippen LogP contribution in [0.3, 0.4) is 0 Å². The van der Waals surface area contributed by atoms with Gasteiger partial charge in [0.2, 0.25) is 0 Å². The van der Waals surface area contributed by atoms with Crippen LogP contribution >= 0.6 is 15.9 Å². The van der Waals surface area contributed by atoms with Gasteiger partial charge < -0.3 is 0 Å². The number of halogens is 2. The van der Waals surface area contributed by atoms with Gasteiger partial charge in [-0.25, -0.2) is 9.37 Å². The molecule has 0 aliphatic heterocycles. The molecule has 1 N–H and O–H groups in total. The Balaban J connectivity index is 2.34. The molecule has 0 aliphatic rings. The molecule has 0 atom stereocenters. The number of aryl methyl sites for hydroxylation is 2. The lowest BCUT2D eigenvalue weighted by Gasteiger charge is -2.12. The molecule has 5 heteroatoms. The van der Waals surface area contributed by atoms with E-state index in [2.05, 4.69) is 26.3 Å². The van der Waals surface area contributed by atoms with Crippen molar-refractivity contribution < 1.29 is 4.39 Å². The minimum atomic E-state index is -0.387. The summed E-state index contributed by atoms with van der Waals surface area (Å²) in [6.45, 7) is 3.88. The number of hydrogen-bond donors (Lipinski definition) is 1. The third kappa shape index (κ3) is 2.09. The van der Waals surface area contributed by atoms with Crippen LogP contribution in [0.5, 0.6) is 0 Å². The van der Waals surface area contributed by atoms with Crippen molar-refractivity contribution in [3.8, 4) is 0 Å². The molecule has 2 aromatic heterocycles. The highest BCUT2D eigenvalue weighted by molar-refractivity contribution is 9.10. The molecule has 16 heavy (non-hydrogen) atoms. The second-order valence-electron chi connectivity index (χ2n) is 3.55. The summed E-state index contributed by atoms with van der Waals surface area (Å²) >= 11 is 3.17. The van der Waals surface area contributed by atoms with E-state index in [4.69, 9.17) is 0 Å². The van der Waals surface area contributed by atoms with E-state index in [-0.39, 0.29) is 11.6 Å². The molecule has 0 radical (unpaired) electrons. The third-order valence-corrected chi connectivity index (χ3v) is 2.73. The number of rotatable bonds is 2. The van der Waals surface area contributed by atoms with Gasteiger partial charge >= 0.3 is 0 Å². The maximum Gasteiger partial charge on any atom is 0.181 e. The molecule has 2 aromatic rings. The Morgan fingerprint density at radius 2 is 1.94 bits per heavy atom. The Morgan fingerprint density at radius 1 is 1.31 bits per heavy atom. The first-order valence-corrected chi connectivity index (χ1v) is 5.60. The zero-order valence-electron chi connectivity index (χ0n) is 8.96. The third-order valence-electron chi connectivity index (χ3n) is 2.30. The van der Waals surface area contributed by atoms with Gasteiger partial charge in [-0.05, 0) is 48.0 Å². The first kappa shape index (κ1) is 11.1. The van der Waals surface area contributed by atoms with E-state index in [1.54, 1.807) is 10.9 Å². The quantitative estimate of drug-likeness (QED) is 0.917. The maximum atomic E-state index is 13.5. The second-order valence-corrected chi connectivity index (χ2v) is 4.46. The van der Waals surface area contributed by atoms with Crippen molar-refractivity contribution in [3.63, 3.8) is 0 Å². The zero-order valence-corrected chi connectivity index (χ0v) is 10.5. The molecular formula is C11H11BrFN3. The summed E-state index contributed by atoms with van der Waals surface area (Å²) in [6.07, 6.45) is 1.56. The van der Waals surface area contributed by atoms with E-state index >= 15 is 0 Å². The highest BCUT2D eigenvalue weighted by atomic mass is 79.9. The van der Waals surface area contributed by atoms with Crippen LogP contribution in [0.25, 0.3) is 0 Å². The molecule has 3 nitrogen and oxygen atoms in total. The van der Waals surface area contributed by atoms with Crippen LogP contribution in [-0.4, -0.2) is 9.66 Å². The van der Waals surface area contributed by atoms with Gasteiger partial charge in [0.1, 0.15) is 0 Å². The van der Waals surface area contributed by atoms with Crippen molar-refractivity contribution in [1.82, 2.24) is 9.66 Å². The molecule has 2 rings (SSSR count). The summed E-state index contributed by atoms with van der Waals surface area (Å²) in [5.74, 6) is -0.174. The smallest absolute Gasteiger partial charge is 0.181 e. The average molecular weight is 284 g/mol. The van der Waals surface area contributed by atoms with Gasteiger partial charge in [-0.3, -0.25) is 10.1 Å². The standard InChI is InChI=1S/C11H11BrFN3/c1-7-3-4-8(2)16(7)15-11-10(13)5-9(12)6-14-11/h3-6H,1-2H3,(H,14,15). The summed E-state index contributed by atoms with van der Waals surface area (Å²) in [5, 5.41) is 0. The average Bonchev–Trinajstić information content (AvgIpc) is 2.53. The fourth-order valence-corrected chi connectivity index (χ4v) is 1.75. The van der Waals surface area contributed by atoms with Crippen molar-refractivity contribution >= 4 is 21.7 Å². The van der Waals surface area contributed by atoms with E-state index in [9.17, 15) is 4.39 Å². The summed E-state index contributed by atoms with van der Waals surface area (Å²) < 4.78 is 16.0. The minimum absolute atomic E-state index is 0.214. The highest BCUT2D eigenvalue weighted by Crippen LogP contribution is 2.17.